The summed E-state index contributed by atoms with van der Waals surface area (Å²) in [7, 11) is 0. The van der Waals surface area contributed by atoms with Crippen LogP contribution in [0, 0.1) is 0 Å². The number of hydrogen-bond donors (Lipinski definition) is 1. The monoisotopic (exact) mass is 306 g/mol. The SMILES string of the molecule is OC1c2c(Br)cccc2OCC1Br. The van der Waals surface area contributed by atoms with Gasteiger partial charge in [-0.1, -0.05) is 37.9 Å². The predicted molar refractivity (Wildman–Crippen MR) is 57.3 cm³/mol. The Balaban J connectivity index is 2.51. The van der Waals surface area contributed by atoms with Gasteiger partial charge in [-0.3, -0.25) is 0 Å². The van der Waals surface area contributed by atoms with Gasteiger partial charge in [-0.2, -0.15) is 0 Å². The summed E-state index contributed by atoms with van der Waals surface area (Å²) < 4.78 is 6.34. The third-order valence-corrected chi connectivity index (χ3v) is 3.51. The van der Waals surface area contributed by atoms with Crippen LogP contribution in [0.25, 0.3) is 0 Å². The highest BCUT2D eigenvalue weighted by molar-refractivity contribution is 9.10. The zero-order valence-corrected chi connectivity index (χ0v) is 9.88. The van der Waals surface area contributed by atoms with E-state index < -0.39 is 6.10 Å². The van der Waals surface area contributed by atoms with Crippen molar-refractivity contribution in [3.63, 3.8) is 0 Å². The number of aliphatic hydroxyl groups excluding tert-OH is 1. The number of alkyl halides is 1. The zero-order valence-electron chi connectivity index (χ0n) is 6.71. The minimum absolute atomic E-state index is 0.0290. The standard InChI is InChI=1S/C9H8Br2O2/c10-5-2-1-3-7-8(5)9(12)6(11)4-13-7/h1-3,6,9,12H,4H2. The van der Waals surface area contributed by atoms with Gasteiger partial charge >= 0.3 is 0 Å². The largest absolute Gasteiger partial charge is 0.492 e. The van der Waals surface area contributed by atoms with Crippen molar-refractivity contribution < 1.29 is 9.84 Å². The van der Waals surface area contributed by atoms with Crippen LogP contribution in [0.3, 0.4) is 0 Å². The van der Waals surface area contributed by atoms with Gasteiger partial charge in [-0.25, -0.2) is 0 Å². The summed E-state index contributed by atoms with van der Waals surface area (Å²) >= 11 is 6.75. The van der Waals surface area contributed by atoms with Gasteiger partial charge in [0.1, 0.15) is 12.4 Å². The van der Waals surface area contributed by atoms with Gasteiger partial charge in [-0.15, -0.1) is 0 Å². The van der Waals surface area contributed by atoms with Crippen LogP contribution in [0.1, 0.15) is 11.7 Å². The lowest BCUT2D eigenvalue weighted by Crippen LogP contribution is -2.26. The Morgan fingerprint density at radius 2 is 2.23 bits per heavy atom. The summed E-state index contributed by atoms with van der Waals surface area (Å²) in [5, 5.41) is 9.85. The van der Waals surface area contributed by atoms with E-state index in [9.17, 15) is 5.11 Å². The molecule has 70 valence electrons. The first kappa shape index (κ1) is 9.49. The Morgan fingerprint density at radius 3 is 3.00 bits per heavy atom. The molecule has 4 heteroatoms. The number of hydrogen-bond acceptors (Lipinski definition) is 2. The first-order chi connectivity index (χ1) is 6.20. The molecule has 2 unspecified atom stereocenters. The molecular formula is C9H8Br2O2. The Kier molecular flexibility index (Phi) is 2.62. The van der Waals surface area contributed by atoms with E-state index >= 15 is 0 Å². The molecule has 13 heavy (non-hydrogen) atoms. The van der Waals surface area contributed by atoms with E-state index in [1.165, 1.54) is 0 Å². The second-order valence-electron chi connectivity index (χ2n) is 2.92. The van der Waals surface area contributed by atoms with Gasteiger partial charge in [0.05, 0.1) is 10.9 Å². The van der Waals surface area contributed by atoms with Gasteiger partial charge in [0.15, 0.2) is 0 Å². The van der Waals surface area contributed by atoms with Crippen molar-refractivity contribution in [3.8, 4) is 5.75 Å². The molecule has 0 saturated heterocycles. The lowest BCUT2D eigenvalue weighted by atomic mass is 10.0. The van der Waals surface area contributed by atoms with Gasteiger partial charge in [0, 0.05) is 10.0 Å². The second-order valence-corrected chi connectivity index (χ2v) is 4.95. The summed E-state index contributed by atoms with van der Waals surface area (Å²) in [4.78, 5) is -0.0290. The molecule has 1 aliphatic heterocycles. The highest BCUT2D eigenvalue weighted by Gasteiger charge is 2.28. The number of fused-ring (bicyclic) bond motifs is 1. The zero-order chi connectivity index (χ0) is 9.42. The first-order valence-electron chi connectivity index (χ1n) is 3.93. The highest BCUT2D eigenvalue weighted by atomic mass is 79.9. The molecule has 1 N–H and O–H groups in total. The van der Waals surface area contributed by atoms with Crippen LogP contribution in [0.4, 0.5) is 0 Å². The number of aliphatic hydroxyl groups is 1. The maximum atomic E-state index is 9.85. The molecule has 0 aliphatic carbocycles. The molecule has 1 aromatic rings. The van der Waals surface area contributed by atoms with E-state index in [1.54, 1.807) is 0 Å². The second kappa shape index (κ2) is 3.59. The molecule has 2 nitrogen and oxygen atoms in total. The number of benzene rings is 1. The molecular weight excluding hydrogens is 300 g/mol. The van der Waals surface area contributed by atoms with Crippen LogP contribution in [0.5, 0.6) is 5.75 Å². The summed E-state index contributed by atoms with van der Waals surface area (Å²) in [5.74, 6) is 0.762. The van der Waals surface area contributed by atoms with Crippen LogP contribution in [0.15, 0.2) is 22.7 Å². The topological polar surface area (TPSA) is 29.5 Å². The average molecular weight is 308 g/mol. The fourth-order valence-electron chi connectivity index (χ4n) is 1.37. The maximum absolute atomic E-state index is 9.85. The molecule has 0 aromatic heterocycles. The molecule has 1 heterocycles. The Labute approximate surface area is 93.2 Å². The lowest BCUT2D eigenvalue weighted by molar-refractivity contribution is 0.124. The van der Waals surface area contributed by atoms with Crippen LogP contribution in [-0.4, -0.2) is 16.5 Å². The third-order valence-electron chi connectivity index (χ3n) is 2.05. The van der Waals surface area contributed by atoms with Crippen molar-refractivity contribution >= 4 is 31.9 Å². The van der Waals surface area contributed by atoms with Crippen LogP contribution in [-0.2, 0) is 0 Å². The van der Waals surface area contributed by atoms with Crippen molar-refractivity contribution in [2.45, 2.75) is 10.9 Å². The molecule has 2 rings (SSSR count). The summed E-state index contributed by atoms with van der Waals surface area (Å²) in [6, 6.07) is 5.66. The van der Waals surface area contributed by atoms with Gasteiger partial charge in [0.25, 0.3) is 0 Å². The van der Waals surface area contributed by atoms with E-state index in [-0.39, 0.29) is 4.83 Å². The van der Waals surface area contributed by atoms with Gasteiger partial charge < -0.3 is 9.84 Å². The molecule has 0 amide bonds. The smallest absolute Gasteiger partial charge is 0.126 e. The van der Waals surface area contributed by atoms with E-state index in [0.717, 1.165) is 15.8 Å². The average Bonchev–Trinajstić information content (AvgIpc) is 2.12. The van der Waals surface area contributed by atoms with E-state index in [1.807, 2.05) is 18.2 Å². The number of halogens is 2. The first-order valence-corrected chi connectivity index (χ1v) is 5.64. The van der Waals surface area contributed by atoms with E-state index in [0.29, 0.717) is 6.61 Å². The number of ether oxygens (including phenoxy) is 1. The molecule has 0 bridgehead atoms. The molecule has 2 atom stereocenters. The highest BCUT2D eigenvalue weighted by Crippen LogP contribution is 2.39. The normalized spacial score (nSPS) is 26.4. The predicted octanol–water partition coefficient (Wildman–Crippen LogP) is 2.64. The minimum Gasteiger partial charge on any atom is -0.492 e. The fourth-order valence-corrected chi connectivity index (χ4v) is 2.35. The van der Waals surface area contributed by atoms with Gasteiger partial charge in [-0.05, 0) is 12.1 Å². The van der Waals surface area contributed by atoms with Crippen molar-refractivity contribution in [2.75, 3.05) is 6.61 Å². The maximum Gasteiger partial charge on any atom is 0.126 e. The fraction of sp³-hybridized carbons (Fsp3) is 0.333. The van der Waals surface area contributed by atoms with E-state index in [2.05, 4.69) is 31.9 Å². The molecule has 0 saturated carbocycles. The third kappa shape index (κ3) is 1.63. The minimum atomic E-state index is -0.501. The molecule has 1 aliphatic rings. The lowest BCUT2D eigenvalue weighted by Gasteiger charge is -2.27. The van der Waals surface area contributed by atoms with Crippen molar-refractivity contribution in [1.82, 2.24) is 0 Å². The van der Waals surface area contributed by atoms with Crippen LogP contribution < -0.4 is 4.74 Å². The molecule has 0 spiro atoms. The summed E-state index contributed by atoms with van der Waals surface area (Å²) in [6.07, 6.45) is -0.501. The van der Waals surface area contributed by atoms with E-state index in [4.69, 9.17) is 4.74 Å². The Bertz CT molecular complexity index is 327. The molecule has 0 fully saturated rings. The van der Waals surface area contributed by atoms with Crippen molar-refractivity contribution in [3.05, 3.63) is 28.2 Å². The quantitative estimate of drug-likeness (QED) is 0.747. The molecule has 0 radical (unpaired) electrons. The van der Waals surface area contributed by atoms with Crippen LogP contribution in [0.2, 0.25) is 0 Å². The summed E-state index contributed by atoms with van der Waals surface area (Å²) in [5.41, 5.74) is 0.829. The van der Waals surface area contributed by atoms with Gasteiger partial charge in [0.2, 0.25) is 0 Å². The number of rotatable bonds is 0. The van der Waals surface area contributed by atoms with Crippen LogP contribution >= 0.6 is 31.9 Å². The molecule has 1 aromatic carbocycles. The Morgan fingerprint density at radius 1 is 1.46 bits per heavy atom. The summed E-state index contributed by atoms with van der Waals surface area (Å²) in [6.45, 7) is 0.505. The van der Waals surface area contributed by atoms with Crippen molar-refractivity contribution in [1.29, 1.82) is 0 Å². The Hall–Kier alpha value is -0.0600. The van der Waals surface area contributed by atoms with Crippen molar-refractivity contribution in [2.24, 2.45) is 0 Å².